The van der Waals surface area contributed by atoms with Crippen molar-refractivity contribution in [1.29, 1.82) is 0 Å². The smallest absolute Gasteiger partial charge is 0.248 e. The molecule has 0 spiro atoms. The van der Waals surface area contributed by atoms with Crippen LogP contribution in [0.2, 0.25) is 5.02 Å². The Bertz CT molecular complexity index is 1040. The van der Waals surface area contributed by atoms with E-state index in [1.807, 2.05) is 30.3 Å². The third-order valence-electron chi connectivity index (χ3n) is 7.27. The van der Waals surface area contributed by atoms with E-state index in [0.717, 1.165) is 24.8 Å². The van der Waals surface area contributed by atoms with Crippen LogP contribution in [0.3, 0.4) is 0 Å². The molecule has 6 nitrogen and oxygen atoms in total. The number of likely N-dealkylation sites (tertiary alicyclic amines) is 1. The highest BCUT2D eigenvalue weighted by Crippen LogP contribution is 2.56. The number of carbonyl (C=O) groups is 3. The average Bonchev–Trinajstić information content (AvgIpc) is 3.47. The minimum Gasteiger partial charge on any atom is -0.495 e. The van der Waals surface area contributed by atoms with Gasteiger partial charge >= 0.3 is 0 Å². The summed E-state index contributed by atoms with van der Waals surface area (Å²) in [5.41, 5.74) is 1.29. The Morgan fingerprint density at radius 2 is 1.75 bits per heavy atom. The molecular weight excluding hydrogens is 428 g/mol. The Hall–Kier alpha value is -2.86. The van der Waals surface area contributed by atoms with Crippen LogP contribution in [-0.4, -0.2) is 35.8 Å². The summed E-state index contributed by atoms with van der Waals surface area (Å²) in [5, 5.41) is 3.29. The van der Waals surface area contributed by atoms with Crippen molar-refractivity contribution in [2.45, 2.75) is 31.7 Å². The van der Waals surface area contributed by atoms with Crippen LogP contribution in [0.1, 0.15) is 24.8 Å². The van der Waals surface area contributed by atoms with Crippen molar-refractivity contribution < 1.29 is 19.1 Å². The molecule has 5 rings (SSSR count). The van der Waals surface area contributed by atoms with Crippen LogP contribution in [0, 0.1) is 23.7 Å². The van der Waals surface area contributed by atoms with Crippen molar-refractivity contribution in [1.82, 2.24) is 4.90 Å². The lowest BCUT2D eigenvalue weighted by Crippen LogP contribution is -2.49. The van der Waals surface area contributed by atoms with Crippen molar-refractivity contribution in [2.24, 2.45) is 23.7 Å². The summed E-state index contributed by atoms with van der Waals surface area (Å²) in [6.07, 6.45) is 3.19. The quantitative estimate of drug-likeness (QED) is 0.674. The van der Waals surface area contributed by atoms with E-state index in [1.165, 1.54) is 12.0 Å². The molecule has 0 radical (unpaired) electrons. The van der Waals surface area contributed by atoms with Gasteiger partial charge in [0.25, 0.3) is 0 Å². The summed E-state index contributed by atoms with van der Waals surface area (Å²) < 4.78 is 5.34. The maximum absolute atomic E-state index is 13.5. The lowest BCUT2D eigenvalue weighted by Gasteiger charge is -2.27. The molecule has 2 aliphatic carbocycles. The number of halogens is 1. The van der Waals surface area contributed by atoms with Crippen LogP contribution in [0.4, 0.5) is 5.69 Å². The van der Waals surface area contributed by atoms with Gasteiger partial charge in [-0.1, -0.05) is 41.9 Å². The van der Waals surface area contributed by atoms with Crippen molar-refractivity contribution in [3.05, 3.63) is 59.1 Å². The standard InChI is InChI=1S/C25H25ClN2O4/c1-32-20-10-9-17(26)13-18(20)27-23(29)19(11-14-5-3-2-4-6-14)28-24(30)21-15-7-8-16(12-15)22(21)25(28)31/h2-6,9-10,13,15-16,19,21-22H,7-8,11-12H2,1H3,(H,27,29)/t15-,16-,19-,21-,22+/m0/s1. The van der Waals surface area contributed by atoms with Gasteiger partial charge in [-0.05, 0) is 54.9 Å². The number of hydrogen-bond donors (Lipinski definition) is 1. The maximum Gasteiger partial charge on any atom is 0.248 e. The van der Waals surface area contributed by atoms with E-state index in [4.69, 9.17) is 16.3 Å². The second-order valence-electron chi connectivity index (χ2n) is 8.97. The Kier molecular flexibility index (Phi) is 5.41. The molecule has 1 heterocycles. The SMILES string of the molecule is COc1ccc(Cl)cc1NC(=O)[C@H](Cc1ccccc1)N1C(=O)[C@@H]2[C@H]3CC[C@@H](C3)[C@@H]2C1=O. The highest BCUT2D eigenvalue weighted by Gasteiger charge is 2.62. The van der Waals surface area contributed by atoms with Gasteiger partial charge in [0.15, 0.2) is 0 Å². The molecule has 32 heavy (non-hydrogen) atoms. The molecule has 3 amide bonds. The molecule has 166 valence electrons. The fourth-order valence-corrected chi connectivity index (χ4v) is 6.04. The van der Waals surface area contributed by atoms with Crippen molar-refractivity contribution >= 4 is 35.0 Å². The van der Waals surface area contributed by atoms with Gasteiger partial charge in [-0.25, -0.2) is 0 Å². The molecule has 1 N–H and O–H groups in total. The lowest BCUT2D eigenvalue weighted by atomic mass is 9.81. The first-order valence-corrected chi connectivity index (χ1v) is 11.4. The number of anilines is 1. The van der Waals surface area contributed by atoms with E-state index in [2.05, 4.69) is 5.32 Å². The van der Waals surface area contributed by atoms with Crippen LogP contribution in [0.5, 0.6) is 5.75 Å². The van der Waals surface area contributed by atoms with Gasteiger partial charge in [-0.3, -0.25) is 19.3 Å². The molecule has 2 bridgehead atoms. The average molecular weight is 453 g/mol. The zero-order chi connectivity index (χ0) is 22.4. The molecule has 0 aromatic heterocycles. The zero-order valence-electron chi connectivity index (χ0n) is 17.8. The highest BCUT2D eigenvalue weighted by atomic mass is 35.5. The molecular formula is C25H25ClN2O4. The third kappa shape index (κ3) is 3.47. The number of carbonyl (C=O) groups excluding carboxylic acids is 3. The second-order valence-corrected chi connectivity index (χ2v) is 9.41. The number of methoxy groups -OCH3 is 1. The molecule has 3 fully saturated rings. The topological polar surface area (TPSA) is 75.7 Å². The molecule has 1 aliphatic heterocycles. The van der Waals surface area contributed by atoms with Gasteiger partial charge in [0.1, 0.15) is 11.8 Å². The Morgan fingerprint density at radius 1 is 1.09 bits per heavy atom. The van der Waals surface area contributed by atoms with E-state index in [9.17, 15) is 14.4 Å². The molecule has 2 aromatic carbocycles. The van der Waals surface area contributed by atoms with Gasteiger partial charge in [0, 0.05) is 11.4 Å². The minimum atomic E-state index is -0.939. The van der Waals surface area contributed by atoms with Crippen LogP contribution in [0.25, 0.3) is 0 Å². The fraction of sp³-hybridized carbons (Fsp3) is 0.400. The summed E-state index contributed by atoms with van der Waals surface area (Å²) in [5.74, 6) is -0.373. The van der Waals surface area contributed by atoms with Gasteiger partial charge < -0.3 is 10.1 Å². The monoisotopic (exact) mass is 452 g/mol. The molecule has 1 saturated heterocycles. The number of imide groups is 1. The van der Waals surface area contributed by atoms with Gasteiger partial charge in [0.2, 0.25) is 17.7 Å². The fourth-order valence-electron chi connectivity index (χ4n) is 5.87. The molecule has 0 unspecified atom stereocenters. The van der Waals surface area contributed by atoms with Gasteiger partial charge in [-0.2, -0.15) is 0 Å². The first-order valence-electron chi connectivity index (χ1n) is 11.0. The zero-order valence-corrected chi connectivity index (χ0v) is 18.5. The van der Waals surface area contributed by atoms with Crippen LogP contribution >= 0.6 is 11.6 Å². The number of hydrogen-bond acceptors (Lipinski definition) is 4. The van der Waals surface area contributed by atoms with Crippen LogP contribution in [0.15, 0.2) is 48.5 Å². The molecule has 2 aromatic rings. The summed E-state index contributed by atoms with van der Waals surface area (Å²) >= 11 is 6.12. The predicted octanol–water partition coefficient (Wildman–Crippen LogP) is 3.93. The Morgan fingerprint density at radius 3 is 2.38 bits per heavy atom. The minimum absolute atomic E-state index is 0.193. The van der Waals surface area contributed by atoms with Crippen molar-refractivity contribution in [3.63, 3.8) is 0 Å². The number of amides is 3. The van der Waals surface area contributed by atoms with E-state index >= 15 is 0 Å². The molecule has 7 heteroatoms. The lowest BCUT2D eigenvalue weighted by molar-refractivity contribution is -0.147. The van der Waals surface area contributed by atoms with E-state index < -0.39 is 11.9 Å². The van der Waals surface area contributed by atoms with Crippen LogP contribution in [-0.2, 0) is 20.8 Å². The van der Waals surface area contributed by atoms with Crippen molar-refractivity contribution in [3.8, 4) is 5.75 Å². The van der Waals surface area contributed by atoms with E-state index in [1.54, 1.807) is 18.2 Å². The number of rotatable bonds is 6. The summed E-state index contributed by atoms with van der Waals surface area (Å²) in [6, 6.07) is 13.4. The summed E-state index contributed by atoms with van der Waals surface area (Å²) in [6.45, 7) is 0. The second kappa shape index (κ2) is 8.24. The first kappa shape index (κ1) is 21.0. The molecule has 3 aliphatic rings. The first-order chi connectivity index (χ1) is 15.5. The van der Waals surface area contributed by atoms with Crippen LogP contribution < -0.4 is 10.1 Å². The third-order valence-corrected chi connectivity index (χ3v) is 7.50. The molecule has 2 saturated carbocycles. The molecule has 5 atom stereocenters. The van der Waals surface area contributed by atoms with E-state index in [-0.39, 0.29) is 41.9 Å². The summed E-state index contributed by atoms with van der Waals surface area (Å²) in [4.78, 5) is 41.6. The predicted molar refractivity (Wildman–Crippen MR) is 120 cm³/mol. The van der Waals surface area contributed by atoms with Gasteiger partial charge in [-0.15, -0.1) is 0 Å². The number of nitrogens with zero attached hydrogens (tertiary/aromatic N) is 1. The number of nitrogens with one attached hydrogen (secondary N) is 1. The number of ether oxygens (including phenoxy) is 1. The van der Waals surface area contributed by atoms with Gasteiger partial charge in [0.05, 0.1) is 24.6 Å². The largest absolute Gasteiger partial charge is 0.495 e. The number of fused-ring (bicyclic) bond motifs is 5. The summed E-state index contributed by atoms with van der Waals surface area (Å²) in [7, 11) is 1.50. The Labute approximate surface area is 191 Å². The normalized spacial score (nSPS) is 26.9. The van der Waals surface area contributed by atoms with Crippen molar-refractivity contribution in [2.75, 3.05) is 12.4 Å². The van der Waals surface area contributed by atoms with E-state index in [0.29, 0.717) is 16.5 Å². The number of benzene rings is 2. The highest BCUT2D eigenvalue weighted by molar-refractivity contribution is 6.31. The maximum atomic E-state index is 13.5. The Balaban J connectivity index is 1.47.